The lowest BCUT2D eigenvalue weighted by molar-refractivity contribution is 0.893. The lowest BCUT2D eigenvalue weighted by atomic mass is 9.94. The maximum absolute atomic E-state index is 5.79. The largest absolute Gasteiger partial charge is 0.309 e. The molecule has 0 radical (unpaired) electrons. The zero-order valence-electron chi connectivity index (χ0n) is 57.9. The molecule has 0 spiro atoms. The van der Waals surface area contributed by atoms with Crippen LogP contribution in [0.1, 0.15) is 0 Å². The number of fused-ring (bicyclic) bond motifs is 15. The van der Waals surface area contributed by atoms with Crippen molar-refractivity contribution >= 4 is 109 Å². The average molecular weight is 1360 g/mol. The molecule has 22 aromatic rings. The van der Waals surface area contributed by atoms with Gasteiger partial charge in [0.25, 0.3) is 0 Å². The molecule has 6 heterocycles. The van der Waals surface area contributed by atoms with Crippen LogP contribution >= 0.6 is 0 Å². The van der Waals surface area contributed by atoms with Gasteiger partial charge in [0.1, 0.15) is 0 Å². The van der Waals surface area contributed by atoms with Gasteiger partial charge in [-0.05, 0) is 195 Å². The molecule has 498 valence electrons. The van der Waals surface area contributed by atoms with Gasteiger partial charge in [0.15, 0.2) is 5.82 Å². The highest BCUT2D eigenvalue weighted by Crippen LogP contribution is 2.44. The smallest absolute Gasteiger partial charge is 0.240 e. The van der Waals surface area contributed by atoms with Gasteiger partial charge in [-0.15, -0.1) is 0 Å². The third-order valence-corrected chi connectivity index (χ3v) is 22.0. The van der Waals surface area contributed by atoms with E-state index in [4.69, 9.17) is 15.0 Å². The van der Waals surface area contributed by atoms with Crippen molar-refractivity contribution in [3.63, 3.8) is 0 Å². The summed E-state index contributed by atoms with van der Waals surface area (Å²) in [5.41, 5.74) is 26.3. The number of para-hydroxylation sites is 7. The van der Waals surface area contributed by atoms with Gasteiger partial charge < -0.3 is 13.7 Å². The van der Waals surface area contributed by atoms with Gasteiger partial charge in [-0.2, -0.15) is 15.0 Å². The van der Waals surface area contributed by atoms with Crippen molar-refractivity contribution in [2.24, 2.45) is 0 Å². The highest BCUT2D eigenvalue weighted by Gasteiger charge is 2.25. The zero-order valence-corrected chi connectivity index (χ0v) is 57.9. The Kier molecular flexibility index (Phi) is 13.5. The molecule has 0 aliphatic heterocycles. The van der Waals surface area contributed by atoms with E-state index in [2.05, 4.69) is 399 Å². The van der Waals surface area contributed by atoms with E-state index in [0.717, 1.165) is 133 Å². The molecule has 6 aromatic heterocycles. The van der Waals surface area contributed by atoms with Crippen molar-refractivity contribution in [2.75, 3.05) is 0 Å². The predicted octanol–water partition coefficient (Wildman–Crippen LogP) is 25.4. The number of hydrogen-bond acceptors (Lipinski definition) is 3. The fraction of sp³-hybridized carbons (Fsp3) is 0. The number of hydrogen-bond donors (Lipinski definition) is 0. The summed E-state index contributed by atoms with van der Waals surface area (Å²) in [6, 6.07) is 136. The van der Waals surface area contributed by atoms with Crippen LogP contribution in [-0.4, -0.2) is 37.8 Å². The van der Waals surface area contributed by atoms with Crippen LogP contribution in [0.3, 0.4) is 0 Å². The van der Waals surface area contributed by atoms with E-state index < -0.39 is 0 Å². The first-order chi connectivity index (χ1) is 53.1. The van der Waals surface area contributed by atoms with Crippen molar-refractivity contribution in [1.29, 1.82) is 0 Å². The Balaban J connectivity index is 0.765. The normalized spacial score (nSPS) is 11.9. The van der Waals surface area contributed by atoms with Crippen LogP contribution in [0, 0.1) is 0 Å². The Morgan fingerprint density at radius 3 is 0.757 bits per heavy atom. The van der Waals surface area contributed by atoms with E-state index in [1.165, 1.54) is 54.4 Å². The molecule has 16 aromatic carbocycles. The monoisotopic (exact) mass is 1360 g/mol. The standard InChI is InChI=1S/C99H62N8/c1-5-24-63(25-6-1)75-34-13-14-35-76(75)70-26-23-27-71(56-70)97-100-98(106-90-43-22-18-39-80(90)84-60-67(47-53-94(84)106)64-44-50-91-81(57-64)77-36-15-19-40-87(77)103(91)72-28-7-2-8-29-72)102-99(101-97)107-95-54-48-68(65-45-51-92-82(58-65)78-37-16-20-41-88(78)104(92)73-30-9-3-10-31-73)61-85(95)86-62-69(49-55-96(86)107)66-46-52-93-83(59-66)79-38-17-21-42-89(79)105(93)74-32-11-4-12-33-74/h1-62H. The molecule has 22 rings (SSSR count). The molecule has 8 nitrogen and oxygen atoms in total. The SMILES string of the molecule is c1ccc(-c2ccccc2-c2cccc(-c3nc(-n4c5ccccc5c5cc(-c6ccc7c(c6)c6ccccc6n7-c6ccccc6)ccc54)nc(-n4c5ccc(-c6ccc7c(c6)c6ccccc6n7-c6ccccc6)cc5c5cc(-c6ccc7c(c6)c6ccccc6n7-c6ccccc6)ccc54)n3)c2)cc1. The number of benzene rings is 16. The maximum atomic E-state index is 5.79. The van der Waals surface area contributed by atoms with Crippen molar-refractivity contribution < 1.29 is 0 Å². The zero-order chi connectivity index (χ0) is 70.2. The topological polar surface area (TPSA) is 63.3 Å². The summed E-state index contributed by atoms with van der Waals surface area (Å²) in [7, 11) is 0. The van der Waals surface area contributed by atoms with Crippen LogP contribution in [-0.2, 0) is 0 Å². The first kappa shape index (κ1) is 60.1. The summed E-state index contributed by atoms with van der Waals surface area (Å²) in [4.78, 5) is 17.2. The van der Waals surface area contributed by atoms with Gasteiger partial charge in [0, 0.05) is 76.5 Å². The number of aromatic nitrogens is 8. The minimum Gasteiger partial charge on any atom is -0.309 e. The molecular formula is C99H62N8. The number of rotatable bonds is 11. The van der Waals surface area contributed by atoms with Crippen molar-refractivity contribution in [2.45, 2.75) is 0 Å². The van der Waals surface area contributed by atoms with Crippen LogP contribution in [0.2, 0.25) is 0 Å². The fourth-order valence-electron chi connectivity index (χ4n) is 17.1. The third kappa shape index (κ3) is 9.59. The van der Waals surface area contributed by atoms with Gasteiger partial charge in [0.2, 0.25) is 11.9 Å². The van der Waals surface area contributed by atoms with Gasteiger partial charge in [-0.1, -0.05) is 237 Å². The lowest BCUT2D eigenvalue weighted by Crippen LogP contribution is -2.10. The Morgan fingerprint density at radius 1 is 0.150 bits per heavy atom. The van der Waals surface area contributed by atoms with Gasteiger partial charge in [-0.25, -0.2) is 0 Å². The van der Waals surface area contributed by atoms with E-state index in [0.29, 0.717) is 17.7 Å². The van der Waals surface area contributed by atoms with Crippen LogP contribution < -0.4 is 0 Å². The maximum Gasteiger partial charge on any atom is 0.240 e. The molecular weight excluding hydrogens is 1300 g/mol. The van der Waals surface area contributed by atoms with E-state index in [9.17, 15) is 0 Å². The van der Waals surface area contributed by atoms with Gasteiger partial charge >= 0.3 is 0 Å². The quantitative estimate of drug-likeness (QED) is 0.130. The molecule has 0 amide bonds. The molecule has 0 unspecified atom stereocenters. The summed E-state index contributed by atoms with van der Waals surface area (Å²) in [5, 5.41) is 11.5. The summed E-state index contributed by atoms with van der Waals surface area (Å²) < 4.78 is 11.6. The first-order valence-corrected chi connectivity index (χ1v) is 36.5. The van der Waals surface area contributed by atoms with Gasteiger partial charge in [-0.3, -0.25) is 9.13 Å². The highest BCUT2D eigenvalue weighted by atomic mass is 15.3. The van der Waals surface area contributed by atoms with Crippen LogP contribution in [0.15, 0.2) is 376 Å². The second-order valence-corrected chi connectivity index (χ2v) is 27.9. The van der Waals surface area contributed by atoms with Crippen molar-refractivity contribution in [3.05, 3.63) is 376 Å². The second-order valence-electron chi connectivity index (χ2n) is 27.9. The summed E-state index contributed by atoms with van der Waals surface area (Å²) in [5.74, 6) is 1.54. The molecule has 107 heavy (non-hydrogen) atoms. The van der Waals surface area contributed by atoms with Crippen molar-refractivity contribution in [1.82, 2.24) is 37.8 Å². The highest BCUT2D eigenvalue weighted by molar-refractivity contribution is 6.16. The third-order valence-electron chi connectivity index (χ3n) is 22.0. The summed E-state index contributed by atoms with van der Waals surface area (Å²) in [6.45, 7) is 0. The van der Waals surface area contributed by atoms with Gasteiger partial charge in [0.05, 0.1) is 55.2 Å². The number of nitrogens with zero attached hydrogens (tertiary/aromatic N) is 8. The Bertz CT molecular complexity index is 7150. The molecule has 0 saturated heterocycles. The van der Waals surface area contributed by atoms with Crippen LogP contribution in [0.4, 0.5) is 0 Å². The summed E-state index contributed by atoms with van der Waals surface area (Å²) in [6.07, 6.45) is 0. The molecule has 0 aliphatic carbocycles. The Hall–Kier alpha value is -14.5. The second kappa shape index (κ2) is 24.1. The molecule has 8 heteroatoms. The Morgan fingerprint density at radius 2 is 0.402 bits per heavy atom. The Labute approximate surface area is 615 Å². The molecule has 0 fully saturated rings. The average Bonchev–Trinajstić information content (AvgIpc) is 1.58. The molecule has 0 bridgehead atoms. The molecule has 0 saturated carbocycles. The lowest BCUT2D eigenvalue weighted by Gasteiger charge is -2.14. The molecule has 0 aliphatic rings. The summed E-state index contributed by atoms with van der Waals surface area (Å²) >= 11 is 0. The minimum absolute atomic E-state index is 0.497. The minimum atomic E-state index is 0.497. The predicted molar refractivity (Wildman–Crippen MR) is 444 cm³/mol. The van der Waals surface area contributed by atoms with E-state index >= 15 is 0 Å². The van der Waals surface area contributed by atoms with E-state index in [1.54, 1.807) is 0 Å². The van der Waals surface area contributed by atoms with E-state index in [-0.39, 0.29) is 0 Å². The van der Waals surface area contributed by atoms with Crippen LogP contribution in [0.5, 0.6) is 0 Å². The van der Waals surface area contributed by atoms with E-state index in [1.807, 2.05) is 0 Å². The fourth-order valence-corrected chi connectivity index (χ4v) is 17.1. The molecule has 0 atom stereocenters. The van der Waals surface area contributed by atoms with Crippen molar-refractivity contribution in [3.8, 4) is 96.0 Å². The molecule has 0 N–H and O–H groups in total. The first-order valence-electron chi connectivity index (χ1n) is 36.5. The van der Waals surface area contributed by atoms with Crippen LogP contribution in [0.25, 0.3) is 205 Å².